The molecule has 0 N–H and O–H groups in total. The van der Waals surface area contributed by atoms with Crippen LogP contribution in [-0.4, -0.2) is 28.8 Å². The highest BCUT2D eigenvalue weighted by molar-refractivity contribution is 6.17. The number of aryl methyl sites for hydroxylation is 1. The fourth-order valence-corrected chi connectivity index (χ4v) is 1.98. The Balaban J connectivity index is 2.20. The molecule has 1 fully saturated rings. The molecule has 1 aliphatic heterocycles. The van der Waals surface area contributed by atoms with Gasteiger partial charge in [0.05, 0.1) is 18.4 Å². The van der Waals surface area contributed by atoms with Crippen molar-refractivity contribution in [2.24, 2.45) is 0 Å². The minimum atomic E-state index is -0.0694. The standard InChI is InChI=1S/C10H14ClN3O/c11-3-6-14-10(15)7-9(8-12-14)13-4-1-2-5-13/h7-8H,1-6H2. The third kappa shape index (κ3) is 2.31. The Morgan fingerprint density at radius 3 is 2.73 bits per heavy atom. The first-order chi connectivity index (χ1) is 7.31. The topological polar surface area (TPSA) is 38.1 Å². The van der Waals surface area contributed by atoms with Gasteiger partial charge in [-0.05, 0) is 12.8 Å². The molecule has 0 radical (unpaired) electrons. The van der Waals surface area contributed by atoms with E-state index in [0.29, 0.717) is 12.4 Å². The first-order valence-electron chi connectivity index (χ1n) is 5.19. The van der Waals surface area contributed by atoms with Gasteiger partial charge in [-0.15, -0.1) is 11.6 Å². The summed E-state index contributed by atoms with van der Waals surface area (Å²) in [6.07, 6.45) is 4.15. The number of alkyl halides is 1. The molecule has 1 aliphatic rings. The lowest BCUT2D eigenvalue weighted by Crippen LogP contribution is -2.26. The van der Waals surface area contributed by atoms with E-state index >= 15 is 0 Å². The van der Waals surface area contributed by atoms with Gasteiger partial charge in [0.25, 0.3) is 5.56 Å². The van der Waals surface area contributed by atoms with Crippen molar-refractivity contribution in [3.63, 3.8) is 0 Å². The number of aromatic nitrogens is 2. The summed E-state index contributed by atoms with van der Waals surface area (Å²) in [6.45, 7) is 2.53. The van der Waals surface area contributed by atoms with E-state index in [1.165, 1.54) is 17.5 Å². The Hall–Kier alpha value is -1.03. The zero-order chi connectivity index (χ0) is 10.7. The molecule has 15 heavy (non-hydrogen) atoms. The number of anilines is 1. The minimum Gasteiger partial charge on any atom is -0.370 e. The van der Waals surface area contributed by atoms with Crippen molar-refractivity contribution in [1.29, 1.82) is 0 Å². The van der Waals surface area contributed by atoms with E-state index < -0.39 is 0 Å². The Morgan fingerprint density at radius 2 is 2.13 bits per heavy atom. The van der Waals surface area contributed by atoms with Crippen LogP contribution in [0.2, 0.25) is 0 Å². The number of rotatable bonds is 3. The molecular weight excluding hydrogens is 214 g/mol. The smallest absolute Gasteiger partial charge is 0.268 e. The van der Waals surface area contributed by atoms with Gasteiger partial charge >= 0.3 is 0 Å². The van der Waals surface area contributed by atoms with Crippen molar-refractivity contribution < 1.29 is 0 Å². The predicted molar refractivity (Wildman–Crippen MR) is 60.7 cm³/mol. The summed E-state index contributed by atoms with van der Waals surface area (Å²) in [4.78, 5) is 13.8. The SMILES string of the molecule is O=c1cc(N2CCCC2)cnn1CCCl. The molecule has 1 aromatic heterocycles. The molecule has 2 rings (SSSR count). The lowest BCUT2D eigenvalue weighted by Gasteiger charge is -2.16. The molecule has 0 spiro atoms. The van der Waals surface area contributed by atoms with Gasteiger partial charge in [0.2, 0.25) is 0 Å². The normalized spacial score (nSPS) is 15.9. The molecule has 1 saturated heterocycles. The Bertz CT molecular complexity index is 384. The summed E-state index contributed by atoms with van der Waals surface area (Å²) in [5.74, 6) is 0.413. The zero-order valence-electron chi connectivity index (χ0n) is 8.53. The Labute approximate surface area is 93.5 Å². The maximum absolute atomic E-state index is 11.6. The summed E-state index contributed by atoms with van der Waals surface area (Å²) in [5, 5.41) is 4.09. The minimum absolute atomic E-state index is 0.0694. The van der Waals surface area contributed by atoms with Crippen LogP contribution in [0.4, 0.5) is 5.69 Å². The Morgan fingerprint density at radius 1 is 1.40 bits per heavy atom. The van der Waals surface area contributed by atoms with Gasteiger partial charge in [0.15, 0.2) is 0 Å². The van der Waals surface area contributed by atoms with Gasteiger partial charge in [-0.2, -0.15) is 5.10 Å². The first-order valence-corrected chi connectivity index (χ1v) is 5.73. The number of hydrogen-bond acceptors (Lipinski definition) is 3. The highest BCUT2D eigenvalue weighted by Crippen LogP contribution is 2.16. The number of halogens is 1. The van der Waals surface area contributed by atoms with Crippen LogP contribution in [0.3, 0.4) is 0 Å². The molecule has 4 nitrogen and oxygen atoms in total. The maximum Gasteiger partial charge on any atom is 0.268 e. The van der Waals surface area contributed by atoms with E-state index in [2.05, 4.69) is 10.00 Å². The van der Waals surface area contributed by atoms with Gasteiger partial charge < -0.3 is 4.90 Å². The fourth-order valence-electron chi connectivity index (χ4n) is 1.82. The van der Waals surface area contributed by atoms with E-state index in [0.717, 1.165) is 18.8 Å². The van der Waals surface area contributed by atoms with E-state index in [1.807, 2.05) is 0 Å². The third-order valence-electron chi connectivity index (χ3n) is 2.62. The quantitative estimate of drug-likeness (QED) is 0.726. The van der Waals surface area contributed by atoms with E-state index in [9.17, 15) is 4.79 Å². The highest BCUT2D eigenvalue weighted by atomic mass is 35.5. The molecule has 0 aromatic carbocycles. The molecule has 0 atom stereocenters. The molecule has 1 aromatic rings. The lowest BCUT2D eigenvalue weighted by molar-refractivity contribution is 0.618. The van der Waals surface area contributed by atoms with Crippen LogP contribution < -0.4 is 10.5 Å². The summed E-state index contributed by atoms with van der Waals surface area (Å²) < 4.78 is 1.40. The summed E-state index contributed by atoms with van der Waals surface area (Å²) in [5.41, 5.74) is 0.864. The van der Waals surface area contributed by atoms with Crippen LogP contribution >= 0.6 is 11.6 Å². The van der Waals surface area contributed by atoms with Crippen molar-refractivity contribution in [3.05, 3.63) is 22.6 Å². The van der Waals surface area contributed by atoms with Crippen LogP contribution in [0.15, 0.2) is 17.1 Å². The van der Waals surface area contributed by atoms with Gasteiger partial charge in [-0.3, -0.25) is 4.79 Å². The molecule has 0 bridgehead atoms. The van der Waals surface area contributed by atoms with Gasteiger partial charge in [-0.1, -0.05) is 0 Å². The van der Waals surface area contributed by atoms with Crippen molar-refractivity contribution in [2.75, 3.05) is 23.9 Å². The lowest BCUT2D eigenvalue weighted by atomic mass is 10.4. The molecule has 0 amide bonds. The molecule has 0 unspecified atom stereocenters. The van der Waals surface area contributed by atoms with Crippen LogP contribution in [0.25, 0.3) is 0 Å². The summed E-state index contributed by atoms with van der Waals surface area (Å²) >= 11 is 5.56. The fraction of sp³-hybridized carbons (Fsp3) is 0.600. The summed E-state index contributed by atoms with van der Waals surface area (Å²) in [7, 11) is 0. The highest BCUT2D eigenvalue weighted by Gasteiger charge is 2.13. The van der Waals surface area contributed by atoms with Gasteiger partial charge in [-0.25, -0.2) is 4.68 Å². The van der Waals surface area contributed by atoms with Crippen molar-refractivity contribution in [2.45, 2.75) is 19.4 Å². The van der Waals surface area contributed by atoms with Crippen LogP contribution in [0, 0.1) is 0 Å². The van der Waals surface area contributed by atoms with Crippen molar-refractivity contribution in [3.8, 4) is 0 Å². The van der Waals surface area contributed by atoms with Crippen LogP contribution in [0.5, 0.6) is 0 Å². The second kappa shape index (κ2) is 4.66. The third-order valence-corrected chi connectivity index (χ3v) is 2.79. The molecule has 0 saturated carbocycles. The molecule has 2 heterocycles. The van der Waals surface area contributed by atoms with Gasteiger partial charge in [0.1, 0.15) is 0 Å². The van der Waals surface area contributed by atoms with E-state index in [1.54, 1.807) is 12.3 Å². The van der Waals surface area contributed by atoms with Crippen molar-refractivity contribution in [1.82, 2.24) is 9.78 Å². The monoisotopic (exact) mass is 227 g/mol. The molecular formula is C10H14ClN3O. The van der Waals surface area contributed by atoms with Crippen molar-refractivity contribution >= 4 is 17.3 Å². The largest absolute Gasteiger partial charge is 0.370 e. The maximum atomic E-state index is 11.6. The van der Waals surface area contributed by atoms with Crippen LogP contribution in [0.1, 0.15) is 12.8 Å². The zero-order valence-corrected chi connectivity index (χ0v) is 9.28. The molecule has 5 heteroatoms. The number of hydrogen-bond donors (Lipinski definition) is 0. The van der Waals surface area contributed by atoms with E-state index in [-0.39, 0.29) is 5.56 Å². The second-order valence-corrected chi connectivity index (χ2v) is 4.04. The average Bonchev–Trinajstić information content (AvgIpc) is 2.74. The van der Waals surface area contributed by atoms with Crippen LogP contribution in [-0.2, 0) is 6.54 Å². The predicted octanol–water partition coefficient (Wildman–Crippen LogP) is 1.08. The molecule has 0 aliphatic carbocycles. The Kier molecular flexibility index (Phi) is 3.26. The average molecular weight is 228 g/mol. The number of nitrogens with zero attached hydrogens (tertiary/aromatic N) is 3. The second-order valence-electron chi connectivity index (χ2n) is 3.66. The molecule has 82 valence electrons. The first kappa shape index (κ1) is 10.5. The van der Waals surface area contributed by atoms with Gasteiger partial charge in [0, 0.05) is 25.0 Å². The van der Waals surface area contributed by atoms with E-state index in [4.69, 9.17) is 11.6 Å². The summed E-state index contributed by atoms with van der Waals surface area (Å²) in [6, 6.07) is 1.64.